The van der Waals surface area contributed by atoms with Crippen LogP contribution in [0.2, 0.25) is 0 Å². The van der Waals surface area contributed by atoms with Crippen LogP contribution in [-0.2, 0) is 5.41 Å². The second kappa shape index (κ2) is 5.35. The Morgan fingerprint density at radius 2 is 2.00 bits per heavy atom. The third-order valence-electron chi connectivity index (χ3n) is 3.99. The molecule has 0 amide bonds. The lowest BCUT2D eigenvalue weighted by molar-refractivity contribution is 0.556. The Labute approximate surface area is 124 Å². The van der Waals surface area contributed by atoms with Gasteiger partial charge in [0.15, 0.2) is 0 Å². The van der Waals surface area contributed by atoms with E-state index in [-0.39, 0.29) is 11.0 Å². The molecular weight excluding hydrogens is 262 g/mol. The number of rotatable bonds is 5. The monoisotopic (exact) mass is 283 g/mol. The van der Waals surface area contributed by atoms with Gasteiger partial charge < -0.3 is 10.3 Å². The van der Waals surface area contributed by atoms with Crippen molar-refractivity contribution in [2.75, 3.05) is 11.9 Å². The van der Waals surface area contributed by atoms with E-state index in [9.17, 15) is 4.79 Å². The fourth-order valence-electron chi connectivity index (χ4n) is 2.42. The molecule has 0 radical (unpaired) electrons. The largest absolute Gasteiger partial charge is 0.369 e. The summed E-state index contributed by atoms with van der Waals surface area (Å²) in [5.41, 5.74) is 1.17. The molecule has 21 heavy (non-hydrogen) atoms. The highest BCUT2D eigenvalue weighted by Crippen LogP contribution is 2.37. The Bertz CT molecular complexity index is 672. The van der Waals surface area contributed by atoms with E-state index in [2.05, 4.69) is 41.3 Å². The Balaban J connectivity index is 1.74. The number of hydrogen-bond donors (Lipinski definition) is 2. The predicted molar refractivity (Wildman–Crippen MR) is 84.8 cm³/mol. The maximum absolute atomic E-state index is 11.7. The van der Waals surface area contributed by atoms with E-state index in [0.29, 0.717) is 11.7 Å². The van der Waals surface area contributed by atoms with Crippen molar-refractivity contribution in [2.24, 2.45) is 0 Å². The normalized spacial score (nSPS) is 15.0. The van der Waals surface area contributed by atoms with Crippen LogP contribution in [0.25, 0.3) is 0 Å². The van der Waals surface area contributed by atoms with Crippen LogP contribution in [0.3, 0.4) is 0 Å². The number of H-pyrrole nitrogens is 1. The molecule has 4 nitrogen and oxygen atoms in total. The highest BCUT2D eigenvalue weighted by atomic mass is 16.1. The molecule has 1 aliphatic carbocycles. The summed E-state index contributed by atoms with van der Waals surface area (Å²) in [6.07, 6.45) is 2.25. The number of hydrogen-bond acceptors (Lipinski definition) is 3. The fraction of sp³-hybridized carbons (Fsp3) is 0.412. The van der Waals surface area contributed by atoms with Crippen LogP contribution in [0, 0.1) is 0 Å². The number of nitrogens with zero attached hydrogens (tertiary/aromatic N) is 1. The standard InChI is InChI=1S/C17H21N3O/c1-17(2,13-6-4-3-5-7-13)11-18-14-10-15(21)20-16(19-14)12-8-9-12/h3-7,10,12H,8-9,11H2,1-2H3,(H2,18,19,20,21). The summed E-state index contributed by atoms with van der Waals surface area (Å²) in [5.74, 6) is 1.94. The van der Waals surface area contributed by atoms with Crippen LogP contribution >= 0.6 is 0 Å². The van der Waals surface area contributed by atoms with Crippen LogP contribution < -0.4 is 10.9 Å². The van der Waals surface area contributed by atoms with Crippen molar-refractivity contribution in [3.05, 3.63) is 58.1 Å². The Morgan fingerprint density at radius 3 is 2.67 bits per heavy atom. The third kappa shape index (κ3) is 3.32. The lowest BCUT2D eigenvalue weighted by Gasteiger charge is -2.26. The number of anilines is 1. The minimum Gasteiger partial charge on any atom is -0.369 e. The Kier molecular flexibility index (Phi) is 3.53. The summed E-state index contributed by atoms with van der Waals surface area (Å²) < 4.78 is 0. The van der Waals surface area contributed by atoms with Crippen molar-refractivity contribution in [2.45, 2.75) is 38.0 Å². The van der Waals surface area contributed by atoms with Crippen LogP contribution in [0.5, 0.6) is 0 Å². The molecule has 0 aliphatic heterocycles. The average molecular weight is 283 g/mol. The topological polar surface area (TPSA) is 57.8 Å². The number of benzene rings is 1. The highest BCUT2D eigenvalue weighted by molar-refractivity contribution is 5.36. The molecule has 1 aromatic heterocycles. The van der Waals surface area contributed by atoms with Gasteiger partial charge in [-0.1, -0.05) is 44.2 Å². The molecule has 0 bridgehead atoms. The molecular formula is C17H21N3O. The molecule has 0 spiro atoms. The van der Waals surface area contributed by atoms with Crippen LogP contribution in [0.15, 0.2) is 41.2 Å². The molecule has 1 saturated carbocycles. The first-order chi connectivity index (χ1) is 10.0. The van der Waals surface area contributed by atoms with Crippen LogP contribution in [-0.4, -0.2) is 16.5 Å². The first-order valence-electron chi connectivity index (χ1n) is 7.45. The fourth-order valence-corrected chi connectivity index (χ4v) is 2.42. The number of nitrogens with one attached hydrogen (secondary N) is 2. The molecule has 110 valence electrons. The summed E-state index contributed by atoms with van der Waals surface area (Å²) in [6.45, 7) is 5.10. The summed E-state index contributed by atoms with van der Waals surface area (Å²) >= 11 is 0. The van der Waals surface area contributed by atoms with E-state index in [1.807, 2.05) is 18.2 Å². The molecule has 1 aliphatic rings. The second-order valence-electron chi connectivity index (χ2n) is 6.39. The van der Waals surface area contributed by atoms with Gasteiger partial charge in [0.05, 0.1) is 0 Å². The first-order valence-corrected chi connectivity index (χ1v) is 7.45. The minimum absolute atomic E-state index is 0.0225. The van der Waals surface area contributed by atoms with Crippen molar-refractivity contribution in [1.82, 2.24) is 9.97 Å². The van der Waals surface area contributed by atoms with Gasteiger partial charge in [-0.25, -0.2) is 4.98 Å². The number of aromatic nitrogens is 2. The molecule has 3 rings (SSSR count). The summed E-state index contributed by atoms with van der Waals surface area (Å²) in [7, 11) is 0. The summed E-state index contributed by atoms with van der Waals surface area (Å²) in [4.78, 5) is 19.1. The maximum Gasteiger partial charge on any atom is 0.252 e. The van der Waals surface area contributed by atoms with Crippen molar-refractivity contribution >= 4 is 5.82 Å². The van der Waals surface area contributed by atoms with E-state index >= 15 is 0 Å². The van der Waals surface area contributed by atoms with E-state index in [4.69, 9.17) is 0 Å². The van der Waals surface area contributed by atoms with E-state index < -0.39 is 0 Å². The van der Waals surface area contributed by atoms with Gasteiger partial charge in [0.1, 0.15) is 11.6 Å². The first kappa shape index (κ1) is 13.9. The SMILES string of the molecule is CC(C)(CNc1cc(=O)[nH]c(C2CC2)n1)c1ccccc1. The van der Waals surface area contributed by atoms with E-state index in [0.717, 1.165) is 25.2 Å². The van der Waals surface area contributed by atoms with Crippen molar-refractivity contribution < 1.29 is 0 Å². The van der Waals surface area contributed by atoms with Gasteiger partial charge in [-0.3, -0.25) is 4.79 Å². The quantitative estimate of drug-likeness (QED) is 0.886. The van der Waals surface area contributed by atoms with Crippen LogP contribution in [0.1, 0.15) is 44.0 Å². The summed E-state index contributed by atoms with van der Waals surface area (Å²) in [5, 5.41) is 3.32. The third-order valence-corrected chi connectivity index (χ3v) is 3.99. The van der Waals surface area contributed by atoms with Gasteiger partial charge in [-0.2, -0.15) is 0 Å². The lowest BCUT2D eigenvalue weighted by Crippen LogP contribution is -2.28. The van der Waals surface area contributed by atoms with E-state index in [1.54, 1.807) is 0 Å². The molecule has 0 atom stereocenters. The summed E-state index contributed by atoms with van der Waals surface area (Å²) in [6, 6.07) is 11.9. The zero-order valence-electron chi connectivity index (χ0n) is 12.5. The molecule has 4 heteroatoms. The van der Waals surface area contributed by atoms with Gasteiger partial charge in [0.25, 0.3) is 5.56 Å². The zero-order chi connectivity index (χ0) is 14.9. The van der Waals surface area contributed by atoms with E-state index in [1.165, 1.54) is 11.6 Å². The molecule has 0 saturated heterocycles. The second-order valence-corrected chi connectivity index (χ2v) is 6.39. The molecule has 2 aromatic rings. The molecule has 1 aromatic carbocycles. The molecule has 2 N–H and O–H groups in total. The Hall–Kier alpha value is -2.10. The zero-order valence-corrected chi connectivity index (χ0v) is 12.5. The Morgan fingerprint density at radius 1 is 1.29 bits per heavy atom. The van der Waals surface area contributed by atoms with Gasteiger partial charge in [0, 0.05) is 23.9 Å². The predicted octanol–water partition coefficient (Wildman–Crippen LogP) is 3.04. The van der Waals surface area contributed by atoms with Crippen molar-refractivity contribution in [1.29, 1.82) is 0 Å². The van der Waals surface area contributed by atoms with Crippen molar-refractivity contribution in [3.63, 3.8) is 0 Å². The molecule has 1 fully saturated rings. The van der Waals surface area contributed by atoms with Gasteiger partial charge >= 0.3 is 0 Å². The van der Waals surface area contributed by atoms with Gasteiger partial charge in [-0.05, 0) is 18.4 Å². The maximum atomic E-state index is 11.7. The van der Waals surface area contributed by atoms with Gasteiger partial charge in [0.2, 0.25) is 0 Å². The minimum atomic E-state index is -0.0769. The van der Waals surface area contributed by atoms with Gasteiger partial charge in [-0.15, -0.1) is 0 Å². The number of aromatic amines is 1. The molecule has 1 heterocycles. The molecule has 0 unspecified atom stereocenters. The lowest BCUT2D eigenvalue weighted by atomic mass is 9.85. The smallest absolute Gasteiger partial charge is 0.252 e. The average Bonchev–Trinajstić information content (AvgIpc) is 3.30. The highest BCUT2D eigenvalue weighted by Gasteiger charge is 2.26. The van der Waals surface area contributed by atoms with Crippen molar-refractivity contribution in [3.8, 4) is 0 Å². The van der Waals surface area contributed by atoms with Crippen LogP contribution in [0.4, 0.5) is 5.82 Å².